The molecule has 0 aliphatic carbocycles. The lowest BCUT2D eigenvalue weighted by Gasteiger charge is -2.41. The highest BCUT2D eigenvalue weighted by molar-refractivity contribution is 5.76. The molecule has 8 heteroatoms. The quantitative estimate of drug-likeness (QED) is 0.768. The highest BCUT2D eigenvalue weighted by Crippen LogP contribution is 2.30. The topological polar surface area (TPSA) is 78.1 Å². The van der Waals surface area contributed by atoms with E-state index in [4.69, 9.17) is 4.74 Å². The molecule has 2 aliphatic heterocycles. The molecular formula is C13H16N6O2. The molecule has 2 aromatic heterocycles. The zero-order valence-corrected chi connectivity index (χ0v) is 11.5. The molecule has 0 aromatic carbocycles. The van der Waals surface area contributed by atoms with Crippen molar-refractivity contribution in [2.45, 2.75) is 31.7 Å². The lowest BCUT2D eigenvalue weighted by atomic mass is 10.00. The summed E-state index contributed by atoms with van der Waals surface area (Å²) < 4.78 is 9.60. The van der Waals surface area contributed by atoms with Gasteiger partial charge in [0.05, 0.1) is 37.0 Å². The van der Waals surface area contributed by atoms with Crippen molar-refractivity contribution >= 4 is 5.91 Å². The second-order valence-electron chi connectivity index (χ2n) is 5.45. The number of piperidine rings is 1. The van der Waals surface area contributed by atoms with Crippen LogP contribution in [0.4, 0.5) is 0 Å². The van der Waals surface area contributed by atoms with Crippen LogP contribution in [0.5, 0.6) is 0 Å². The summed E-state index contributed by atoms with van der Waals surface area (Å²) in [4.78, 5) is 18.1. The van der Waals surface area contributed by atoms with E-state index in [1.807, 2.05) is 9.58 Å². The number of carbonyl (C=O) groups excluding carboxylic acids is 1. The lowest BCUT2D eigenvalue weighted by Crippen LogP contribution is -2.51. The molecule has 0 saturated carbocycles. The highest BCUT2D eigenvalue weighted by Gasteiger charge is 2.37. The van der Waals surface area contributed by atoms with Crippen LogP contribution in [0.15, 0.2) is 24.9 Å². The smallest absolute Gasteiger partial charge is 0.242 e. The molecule has 0 unspecified atom stereocenters. The third-order valence-electron chi connectivity index (χ3n) is 4.16. The summed E-state index contributed by atoms with van der Waals surface area (Å²) >= 11 is 0. The number of likely N-dealkylation sites (tertiary alicyclic amines) is 1. The van der Waals surface area contributed by atoms with E-state index in [0.29, 0.717) is 19.7 Å². The van der Waals surface area contributed by atoms with Crippen LogP contribution in [0.25, 0.3) is 0 Å². The predicted octanol–water partition coefficient (Wildman–Crippen LogP) is -0.153. The van der Waals surface area contributed by atoms with Crippen molar-refractivity contribution in [3.63, 3.8) is 0 Å². The van der Waals surface area contributed by atoms with Gasteiger partial charge in [0.15, 0.2) is 0 Å². The first-order valence-electron chi connectivity index (χ1n) is 7.05. The first kappa shape index (κ1) is 12.5. The molecule has 8 nitrogen and oxygen atoms in total. The van der Waals surface area contributed by atoms with Gasteiger partial charge in [0.25, 0.3) is 0 Å². The van der Waals surface area contributed by atoms with Crippen molar-refractivity contribution in [2.75, 3.05) is 13.1 Å². The molecule has 1 saturated heterocycles. The summed E-state index contributed by atoms with van der Waals surface area (Å²) in [5.41, 5.74) is 1.01. The number of fused-ring (bicyclic) bond motifs is 3. The number of hydrogen-bond donors (Lipinski definition) is 0. The molecule has 21 heavy (non-hydrogen) atoms. The molecule has 4 rings (SSSR count). The van der Waals surface area contributed by atoms with Gasteiger partial charge in [-0.05, 0) is 6.42 Å². The summed E-state index contributed by atoms with van der Waals surface area (Å²) in [6.45, 7) is 2.17. The minimum Gasteiger partial charge on any atom is -0.368 e. The maximum absolute atomic E-state index is 12.3. The zero-order valence-electron chi connectivity index (χ0n) is 11.5. The SMILES string of the molecule is O=C(Cn1ccnc1)N1CC[C@H]2[C@H](C1)OCc1cnnn12. The molecule has 2 atom stereocenters. The standard InChI is InChI=1S/C13H16N6O2/c20-13(7-17-4-2-14-9-17)18-3-1-11-12(6-18)21-8-10-5-15-16-19(10)11/h2,4-5,9,11-12H,1,3,6-8H2/t11-,12-/m0/s1. The van der Waals surface area contributed by atoms with Crippen molar-refractivity contribution < 1.29 is 9.53 Å². The Kier molecular flexibility index (Phi) is 2.95. The Bertz CT molecular complexity index is 637. The Morgan fingerprint density at radius 1 is 1.48 bits per heavy atom. The maximum Gasteiger partial charge on any atom is 0.242 e. The van der Waals surface area contributed by atoms with Crippen LogP contribution in [-0.4, -0.2) is 54.5 Å². The van der Waals surface area contributed by atoms with Crippen molar-refractivity contribution in [1.82, 2.24) is 29.4 Å². The molecule has 0 N–H and O–H groups in total. The minimum absolute atomic E-state index is 0.000290. The number of amides is 1. The summed E-state index contributed by atoms with van der Waals surface area (Å²) in [7, 11) is 0. The number of nitrogens with zero attached hydrogens (tertiary/aromatic N) is 6. The molecule has 2 aliphatic rings. The van der Waals surface area contributed by atoms with Gasteiger partial charge in [-0.1, -0.05) is 5.21 Å². The third-order valence-corrected chi connectivity index (χ3v) is 4.16. The summed E-state index contributed by atoms with van der Waals surface area (Å²) in [5.74, 6) is 0.0967. The van der Waals surface area contributed by atoms with Crippen molar-refractivity contribution in [2.24, 2.45) is 0 Å². The average Bonchev–Trinajstić information content (AvgIpc) is 3.17. The number of aromatic nitrogens is 5. The molecule has 1 amide bonds. The largest absolute Gasteiger partial charge is 0.368 e. The fraction of sp³-hybridized carbons (Fsp3) is 0.538. The monoisotopic (exact) mass is 288 g/mol. The van der Waals surface area contributed by atoms with E-state index in [9.17, 15) is 4.79 Å². The molecule has 0 bridgehead atoms. The van der Waals surface area contributed by atoms with Crippen molar-refractivity contribution in [1.29, 1.82) is 0 Å². The van der Waals surface area contributed by atoms with Crippen LogP contribution in [0.2, 0.25) is 0 Å². The molecule has 0 spiro atoms. The summed E-state index contributed by atoms with van der Waals surface area (Å²) in [6.07, 6.45) is 7.71. The van der Waals surface area contributed by atoms with Crippen molar-refractivity contribution in [3.8, 4) is 0 Å². The molecule has 4 heterocycles. The molecule has 2 aromatic rings. The summed E-state index contributed by atoms with van der Waals surface area (Å²) in [6, 6.07) is 0.188. The molecule has 1 fully saturated rings. The number of hydrogen-bond acceptors (Lipinski definition) is 5. The van der Waals surface area contributed by atoms with Crippen LogP contribution in [-0.2, 0) is 22.7 Å². The van der Waals surface area contributed by atoms with Gasteiger partial charge in [0.2, 0.25) is 5.91 Å². The second-order valence-corrected chi connectivity index (χ2v) is 5.45. The van der Waals surface area contributed by atoms with Gasteiger partial charge < -0.3 is 14.2 Å². The number of imidazole rings is 1. The van der Waals surface area contributed by atoms with Crippen LogP contribution in [0, 0.1) is 0 Å². The Hall–Kier alpha value is -2.22. The fourth-order valence-electron chi connectivity index (χ4n) is 3.05. The molecular weight excluding hydrogens is 272 g/mol. The van der Waals surface area contributed by atoms with E-state index in [-0.39, 0.29) is 18.1 Å². The van der Waals surface area contributed by atoms with E-state index < -0.39 is 0 Å². The van der Waals surface area contributed by atoms with E-state index in [0.717, 1.165) is 18.7 Å². The molecule has 110 valence electrons. The lowest BCUT2D eigenvalue weighted by molar-refractivity contribution is -0.140. The minimum atomic E-state index is -0.000290. The Morgan fingerprint density at radius 2 is 2.43 bits per heavy atom. The second kappa shape index (κ2) is 4.96. The van der Waals surface area contributed by atoms with E-state index in [1.165, 1.54) is 0 Å². The van der Waals surface area contributed by atoms with Crippen LogP contribution < -0.4 is 0 Å². The fourth-order valence-corrected chi connectivity index (χ4v) is 3.05. The van der Waals surface area contributed by atoms with Crippen molar-refractivity contribution in [3.05, 3.63) is 30.6 Å². The zero-order chi connectivity index (χ0) is 14.2. The van der Waals surface area contributed by atoms with E-state index in [2.05, 4.69) is 15.3 Å². The van der Waals surface area contributed by atoms with Gasteiger partial charge in [-0.25, -0.2) is 9.67 Å². The van der Waals surface area contributed by atoms with Crippen LogP contribution in [0.3, 0.4) is 0 Å². The predicted molar refractivity (Wildman–Crippen MR) is 71.1 cm³/mol. The van der Waals surface area contributed by atoms with E-state index >= 15 is 0 Å². The first-order chi connectivity index (χ1) is 10.3. The average molecular weight is 288 g/mol. The molecule has 0 radical (unpaired) electrons. The van der Waals surface area contributed by atoms with Gasteiger partial charge in [0, 0.05) is 25.5 Å². The first-order valence-corrected chi connectivity index (χ1v) is 7.05. The Labute approximate surface area is 121 Å². The Morgan fingerprint density at radius 3 is 3.29 bits per heavy atom. The van der Waals surface area contributed by atoms with Gasteiger partial charge in [-0.2, -0.15) is 0 Å². The number of ether oxygens (including phenoxy) is 1. The van der Waals surface area contributed by atoms with Gasteiger partial charge >= 0.3 is 0 Å². The van der Waals surface area contributed by atoms with Crippen LogP contribution in [0.1, 0.15) is 18.2 Å². The van der Waals surface area contributed by atoms with Gasteiger partial charge in [0.1, 0.15) is 6.54 Å². The van der Waals surface area contributed by atoms with Gasteiger partial charge in [-0.3, -0.25) is 4.79 Å². The normalized spacial score (nSPS) is 24.5. The maximum atomic E-state index is 12.3. The van der Waals surface area contributed by atoms with E-state index in [1.54, 1.807) is 29.5 Å². The Balaban J connectivity index is 1.45. The number of carbonyl (C=O) groups is 1. The van der Waals surface area contributed by atoms with Crippen LogP contribution >= 0.6 is 0 Å². The summed E-state index contributed by atoms with van der Waals surface area (Å²) in [5, 5.41) is 8.08. The highest BCUT2D eigenvalue weighted by atomic mass is 16.5. The third kappa shape index (κ3) is 2.21. The number of rotatable bonds is 2. The van der Waals surface area contributed by atoms with Gasteiger partial charge in [-0.15, -0.1) is 5.10 Å².